The Kier molecular flexibility index (Phi) is 5.64. The van der Waals surface area contributed by atoms with Crippen LogP contribution >= 0.6 is 0 Å². The fraction of sp³-hybridized carbons (Fsp3) is 0.333. The summed E-state index contributed by atoms with van der Waals surface area (Å²) in [6, 6.07) is 16.8. The molecule has 0 heterocycles. The first kappa shape index (κ1) is 15.4. The van der Waals surface area contributed by atoms with Gasteiger partial charge in [0.15, 0.2) is 0 Å². The molecule has 0 saturated heterocycles. The summed E-state index contributed by atoms with van der Waals surface area (Å²) in [6.07, 6.45) is 0. The van der Waals surface area contributed by atoms with Crippen LogP contribution < -0.4 is 10.1 Å². The molecule has 0 spiro atoms. The zero-order valence-electron chi connectivity index (χ0n) is 13.1. The molecule has 0 saturated carbocycles. The van der Waals surface area contributed by atoms with E-state index in [0.717, 1.165) is 24.5 Å². The maximum Gasteiger partial charge on any atom is 0.119 e. The topological polar surface area (TPSA) is 24.5 Å². The SMILES string of the molecule is CCOc1ccc(CNc2ccc(CN(C)C)cc2)cc1. The quantitative estimate of drug-likeness (QED) is 0.838. The smallest absolute Gasteiger partial charge is 0.119 e. The van der Waals surface area contributed by atoms with Gasteiger partial charge < -0.3 is 15.0 Å². The van der Waals surface area contributed by atoms with Gasteiger partial charge in [0.2, 0.25) is 0 Å². The summed E-state index contributed by atoms with van der Waals surface area (Å²) in [4.78, 5) is 2.17. The molecule has 3 heteroatoms. The average Bonchev–Trinajstić information content (AvgIpc) is 2.48. The summed E-state index contributed by atoms with van der Waals surface area (Å²) >= 11 is 0. The van der Waals surface area contributed by atoms with Gasteiger partial charge in [-0.05, 0) is 56.4 Å². The van der Waals surface area contributed by atoms with Crippen LogP contribution in [-0.2, 0) is 13.1 Å². The molecule has 0 aliphatic rings. The van der Waals surface area contributed by atoms with Gasteiger partial charge in [-0.3, -0.25) is 0 Å². The van der Waals surface area contributed by atoms with Crippen molar-refractivity contribution in [3.63, 3.8) is 0 Å². The van der Waals surface area contributed by atoms with Gasteiger partial charge in [0.25, 0.3) is 0 Å². The first-order valence-corrected chi connectivity index (χ1v) is 7.36. The van der Waals surface area contributed by atoms with E-state index < -0.39 is 0 Å². The Labute approximate surface area is 127 Å². The van der Waals surface area contributed by atoms with Gasteiger partial charge in [0.1, 0.15) is 5.75 Å². The standard InChI is InChI=1S/C18H24N2O/c1-4-21-18-11-7-15(8-12-18)13-19-17-9-5-16(6-10-17)14-20(2)3/h5-12,19H,4,13-14H2,1-3H3. The Morgan fingerprint density at radius 1 is 0.905 bits per heavy atom. The molecule has 0 radical (unpaired) electrons. The lowest BCUT2D eigenvalue weighted by Crippen LogP contribution is -2.10. The largest absolute Gasteiger partial charge is 0.494 e. The third-order valence-electron chi connectivity index (χ3n) is 3.18. The average molecular weight is 284 g/mol. The van der Waals surface area contributed by atoms with Crippen LogP contribution in [0.2, 0.25) is 0 Å². The van der Waals surface area contributed by atoms with Crippen LogP contribution in [0.4, 0.5) is 5.69 Å². The first-order chi connectivity index (χ1) is 10.2. The molecule has 1 N–H and O–H groups in total. The first-order valence-electron chi connectivity index (χ1n) is 7.36. The highest BCUT2D eigenvalue weighted by Gasteiger charge is 1.98. The Balaban J connectivity index is 1.87. The zero-order valence-corrected chi connectivity index (χ0v) is 13.1. The molecule has 2 aromatic carbocycles. The molecular weight excluding hydrogens is 260 g/mol. The minimum atomic E-state index is 0.705. The number of nitrogens with one attached hydrogen (secondary N) is 1. The van der Waals surface area contributed by atoms with E-state index in [1.165, 1.54) is 11.1 Å². The van der Waals surface area contributed by atoms with Crippen molar-refractivity contribution < 1.29 is 4.74 Å². The van der Waals surface area contributed by atoms with Gasteiger partial charge in [-0.15, -0.1) is 0 Å². The van der Waals surface area contributed by atoms with E-state index in [0.29, 0.717) is 6.61 Å². The molecule has 0 aromatic heterocycles. The second-order valence-corrected chi connectivity index (χ2v) is 5.37. The normalized spacial score (nSPS) is 10.7. The highest BCUT2D eigenvalue weighted by Crippen LogP contribution is 2.15. The van der Waals surface area contributed by atoms with E-state index in [4.69, 9.17) is 4.74 Å². The van der Waals surface area contributed by atoms with Crippen LogP contribution in [0.3, 0.4) is 0 Å². The molecule has 3 nitrogen and oxygen atoms in total. The molecule has 0 aliphatic carbocycles. The summed E-state index contributed by atoms with van der Waals surface area (Å²) in [5.74, 6) is 0.925. The number of rotatable bonds is 7. The van der Waals surface area contributed by atoms with Crippen LogP contribution in [0, 0.1) is 0 Å². The minimum absolute atomic E-state index is 0.705. The Bertz CT molecular complexity index is 532. The van der Waals surface area contributed by atoms with E-state index >= 15 is 0 Å². The molecule has 0 atom stereocenters. The van der Waals surface area contributed by atoms with Gasteiger partial charge in [-0.2, -0.15) is 0 Å². The van der Waals surface area contributed by atoms with E-state index in [2.05, 4.69) is 60.7 Å². The third kappa shape index (κ3) is 5.12. The molecule has 21 heavy (non-hydrogen) atoms. The highest BCUT2D eigenvalue weighted by molar-refractivity contribution is 5.45. The summed E-state index contributed by atoms with van der Waals surface area (Å²) in [6.45, 7) is 4.49. The lowest BCUT2D eigenvalue weighted by molar-refractivity contribution is 0.340. The lowest BCUT2D eigenvalue weighted by atomic mass is 10.2. The van der Waals surface area contributed by atoms with Crippen molar-refractivity contribution in [2.45, 2.75) is 20.0 Å². The Hall–Kier alpha value is -2.00. The van der Waals surface area contributed by atoms with Crippen molar-refractivity contribution in [1.29, 1.82) is 0 Å². The molecule has 112 valence electrons. The van der Waals surface area contributed by atoms with Crippen molar-refractivity contribution in [1.82, 2.24) is 4.90 Å². The Morgan fingerprint density at radius 3 is 2.10 bits per heavy atom. The summed E-state index contributed by atoms with van der Waals surface area (Å²) in [7, 11) is 4.16. The van der Waals surface area contributed by atoms with Gasteiger partial charge in [0.05, 0.1) is 6.61 Å². The second kappa shape index (κ2) is 7.70. The van der Waals surface area contributed by atoms with Crippen molar-refractivity contribution in [3.05, 3.63) is 59.7 Å². The number of anilines is 1. The van der Waals surface area contributed by atoms with Crippen LogP contribution in [0.15, 0.2) is 48.5 Å². The molecule has 2 aromatic rings. The van der Waals surface area contributed by atoms with Crippen LogP contribution in [-0.4, -0.2) is 25.6 Å². The fourth-order valence-corrected chi connectivity index (χ4v) is 2.17. The number of benzene rings is 2. The van der Waals surface area contributed by atoms with Crippen LogP contribution in [0.1, 0.15) is 18.1 Å². The predicted molar refractivity (Wildman–Crippen MR) is 88.8 cm³/mol. The van der Waals surface area contributed by atoms with Crippen molar-refractivity contribution >= 4 is 5.69 Å². The molecule has 2 rings (SSSR count). The number of hydrogen-bond acceptors (Lipinski definition) is 3. The van der Waals surface area contributed by atoms with E-state index in [9.17, 15) is 0 Å². The van der Waals surface area contributed by atoms with Crippen LogP contribution in [0.25, 0.3) is 0 Å². The van der Waals surface area contributed by atoms with Gasteiger partial charge in [0, 0.05) is 18.8 Å². The number of nitrogens with zero attached hydrogens (tertiary/aromatic N) is 1. The number of hydrogen-bond donors (Lipinski definition) is 1. The predicted octanol–water partition coefficient (Wildman–Crippen LogP) is 3.76. The maximum atomic E-state index is 5.44. The van der Waals surface area contributed by atoms with Gasteiger partial charge >= 0.3 is 0 Å². The fourth-order valence-electron chi connectivity index (χ4n) is 2.17. The van der Waals surface area contributed by atoms with Crippen LogP contribution in [0.5, 0.6) is 5.75 Å². The number of ether oxygens (including phenoxy) is 1. The van der Waals surface area contributed by atoms with Gasteiger partial charge in [-0.1, -0.05) is 24.3 Å². The minimum Gasteiger partial charge on any atom is -0.494 e. The maximum absolute atomic E-state index is 5.44. The zero-order chi connectivity index (χ0) is 15.1. The van der Waals surface area contributed by atoms with Crippen molar-refractivity contribution in [2.24, 2.45) is 0 Å². The van der Waals surface area contributed by atoms with E-state index in [1.54, 1.807) is 0 Å². The van der Waals surface area contributed by atoms with Crippen molar-refractivity contribution in [2.75, 3.05) is 26.0 Å². The third-order valence-corrected chi connectivity index (χ3v) is 3.18. The van der Waals surface area contributed by atoms with Crippen molar-refractivity contribution in [3.8, 4) is 5.75 Å². The molecule has 0 fully saturated rings. The summed E-state index contributed by atoms with van der Waals surface area (Å²) in [5, 5.41) is 3.44. The molecule has 0 bridgehead atoms. The molecule has 0 aliphatic heterocycles. The summed E-state index contributed by atoms with van der Waals surface area (Å²) < 4.78 is 5.44. The molecule has 0 unspecified atom stereocenters. The molecular formula is C18H24N2O. The molecule has 0 amide bonds. The monoisotopic (exact) mass is 284 g/mol. The Morgan fingerprint density at radius 2 is 1.52 bits per heavy atom. The highest BCUT2D eigenvalue weighted by atomic mass is 16.5. The summed E-state index contributed by atoms with van der Waals surface area (Å²) in [5.41, 5.74) is 3.72. The van der Waals surface area contributed by atoms with E-state index in [1.807, 2.05) is 19.1 Å². The van der Waals surface area contributed by atoms with E-state index in [-0.39, 0.29) is 0 Å². The second-order valence-electron chi connectivity index (χ2n) is 5.37. The van der Waals surface area contributed by atoms with Gasteiger partial charge in [-0.25, -0.2) is 0 Å². The lowest BCUT2D eigenvalue weighted by Gasteiger charge is -2.11.